The van der Waals surface area contributed by atoms with Crippen LogP contribution in [0, 0.1) is 5.92 Å². The van der Waals surface area contributed by atoms with Crippen molar-refractivity contribution in [2.75, 3.05) is 47.4 Å². The van der Waals surface area contributed by atoms with Crippen LogP contribution in [0.1, 0.15) is 18.9 Å². The first-order chi connectivity index (χ1) is 11.6. The van der Waals surface area contributed by atoms with Crippen LogP contribution in [-0.4, -0.2) is 69.2 Å². The molecule has 2 atom stereocenters. The molecule has 5 nitrogen and oxygen atoms in total. The minimum Gasteiger partial charge on any atom is -0.381 e. The van der Waals surface area contributed by atoms with E-state index in [9.17, 15) is 0 Å². The van der Waals surface area contributed by atoms with E-state index < -0.39 is 0 Å². The van der Waals surface area contributed by atoms with Crippen molar-refractivity contribution in [3.63, 3.8) is 0 Å². The maximum atomic E-state index is 5.46. The van der Waals surface area contributed by atoms with Crippen LogP contribution in [-0.2, 0) is 11.3 Å². The summed E-state index contributed by atoms with van der Waals surface area (Å²) in [5.41, 5.74) is 1.34. The monoisotopic (exact) mass is 332 g/mol. The van der Waals surface area contributed by atoms with Crippen LogP contribution >= 0.6 is 0 Å². The molecule has 0 bridgehead atoms. The van der Waals surface area contributed by atoms with Crippen LogP contribution in [0.25, 0.3) is 0 Å². The highest BCUT2D eigenvalue weighted by Crippen LogP contribution is 2.13. The summed E-state index contributed by atoms with van der Waals surface area (Å²) in [6, 6.07) is 11.0. The lowest BCUT2D eigenvalue weighted by Gasteiger charge is -2.29. The lowest BCUT2D eigenvalue weighted by atomic mass is 10.1. The molecule has 1 aromatic rings. The summed E-state index contributed by atoms with van der Waals surface area (Å²) in [6.07, 6.45) is 1.15. The summed E-state index contributed by atoms with van der Waals surface area (Å²) in [5.74, 6) is 1.58. The Labute approximate surface area is 146 Å². The predicted octanol–water partition coefficient (Wildman–Crippen LogP) is 2.05. The van der Waals surface area contributed by atoms with Crippen molar-refractivity contribution in [2.24, 2.45) is 10.9 Å². The van der Waals surface area contributed by atoms with Crippen molar-refractivity contribution in [1.82, 2.24) is 15.1 Å². The number of hydrogen-bond acceptors (Lipinski definition) is 3. The molecule has 1 aromatic carbocycles. The van der Waals surface area contributed by atoms with Gasteiger partial charge in [-0.25, -0.2) is 0 Å². The van der Waals surface area contributed by atoms with Crippen LogP contribution < -0.4 is 5.32 Å². The molecule has 0 amide bonds. The summed E-state index contributed by atoms with van der Waals surface area (Å²) in [4.78, 5) is 8.99. The van der Waals surface area contributed by atoms with Gasteiger partial charge in [0.25, 0.3) is 0 Å². The molecule has 1 fully saturated rings. The standard InChI is InChI=1S/C19H32N4O/c1-16(22(3)13-17-8-6-5-7-9-17)12-21-19(20-2)23(4)14-18-10-11-24-15-18/h5-9,16,18H,10-15H2,1-4H3,(H,20,21). The van der Waals surface area contributed by atoms with Gasteiger partial charge in [0.2, 0.25) is 0 Å². The van der Waals surface area contributed by atoms with E-state index in [1.54, 1.807) is 0 Å². The first-order valence-corrected chi connectivity index (χ1v) is 8.83. The van der Waals surface area contributed by atoms with E-state index in [1.165, 1.54) is 5.56 Å². The second-order valence-electron chi connectivity index (χ2n) is 6.79. The van der Waals surface area contributed by atoms with Crippen LogP contribution in [0.15, 0.2) is 35.3 Å². The molecule has 5 heteroatoms. The zero-order valence-electron chi connectivity index (χ0n) is 15.5. The molecular weight excluding hydrogens is 300 g/mol. The van der Waals surface area contributed by atoms with Crippen LogP contribution in [0.2, 0.25) is 0 Å². The molecule has 1 heterocycles. The van der Waals surface area contributed by atoms with Crippen molar-refractivity contribution in [3.05, 3.63) is 35.9 Å². The molecule has 1 saturated heterocycles. The number of benzene rings is 1. The molecule has 0 aliphatic carbocycles. The van der Waals surface area contributed by atoms with E-state index in [0.29, 0.717) is 12.0 Å². The highest BCUT2D eigenvalue weighted by molar-refractivity contribution is 5.79. The van der Waals surface area contributed by atoms with Gasteiger partial charge in [-0.05, 0) is 26.0 Å². The van der Waals surface area contributed by atoms with Crippen LogP contribution in [0.4, 0.5) is 0 Å². The Bertz CT molecular complexity index is 499. The Kier molecular flexibility index (Phi) is 7.53. The topological polar surface area (TPSA) is 40.1 Å². The quantitative estimate of drug-likeness (QED) is 0.613. The van der Waals surface area contributed by atoms with E-state index in [1.807, 2.05) is 7.05 Å². The van der Waals surface area contributed by atoms with E-state index in [2.05, 4.69) is 71.5 Å². The number of hydrogen-bond donors (Lipinski definition) is 1. The normalized spacial score (nSPS) is 19.5. The van der Waals surface area contributed by atoms with Crippen molar-refractivity contribution in [2.45, 2.75) is 25.9 Å². The summed E-state index contributed by atoms with van der Waals surface area (Å²) in [5, 5.41) is 3.50. The number of ether oxygens (including phenoxy) is 1. The van der Waals surface area contributed by atoms with E-state index in [4.69, 9.17) is 4.74 Å². The van der Waals surface area contributed by atoms with Gasteiger partial charge < -0.3 is 15.0 Å². The third-order valence-corrected chi connectivity index (χ3v) is 4.71. The molecule has 0 radical (unpaired) electrons. The number of guanidine groups is 1. The fourth-order valence-corrected chi connectivity index (χ4v) is 3.01. The Hall–Kier alpha value is -1.59. The van der Waals surface area contributed by atoms with Crippen LogP contribution in [0.5, 0.6) is 0 Å². The van der Waals surface area contributed by atoms with Crippen molar-refractivity contribution in [3.8, 4) is 0 Å². The minimum atomic E-state index is 0.421. The van der Waals surface area contributed by atoms with Crippen molar-refractivity contribution >= 4 is 5.96 Å². The number of nitrogens with one attached hydrogen (secondary N) is 1. The SMILES string of the molecule is CN=C(NCC(C)N(C)Cc1ccccc1)N(C)CC1CCOC1. The van der Waals surface area contributed by atoms with Crippen LogP contribution in [0.3, 0.4) is 0 Å². The molecule has 134 valence electrons. The maximum absolute atomic E-state index is 5.46. The first kappa shape index (κ1) is 18.7. The number of likely N-dealkylation sites (N-methyl/N-ethyl adjacent to an activating group) is 1. The third-order valence-electron chi connectivity index (χ3n) is 4.71. The van der Waals surface area contributed by atoms with E-state index in [0.717, 1.165) is 45.2 Å². The van der Waals surface area contributed by atoms with Gasteiger partial charge in [-0.15, -0.1) is 0 Å². The number of aliphatic imine (C=N–C) groups is 1. The molecule has 1 aliphatic rings. The third kappa shape index (κ3) is 5.80. The Morgan fingerprint density at radius 3 is 2.71 bits per heavy atom. The molecule has 1 aliphatic heterocycles. The fourth-order valence-electron chi connectivity index (χ4n) is 3.01. The lowest BCUT2D eigenvalue weighted by molar-refractivity contribution is 0.181. The van der Waals surface area contributed by atoms with Gasteiger partial charge in [0.15, 0.2) is 5.96 Å². The highest BCUT2D eigenvalue weighted by atomic mass is 16.5. The van der Waals surface area contributed by atoms with Crippen molar-refractivity contribution < 1.29 is 4.74 Å². The molecule has 24 heavy (non-hydrogen) atoms. The summed E-state index contributed by atoms with van der Waals surface area (Å²) in [6.45, 7) is 6.84. The second-order valence-corrected chi connectivity index (χ2v) is 6.79. The molecule has 1 N–H and O–H groups in total. The summed E-state index contributed by atoms with van der Waals surface area (Å²) >= 11 is 0. The minimum absolute atomic E-state index is 0.421. The zero-order valence-corrected chi connectivity index (χ0v) is 15.5. The Morgan fingerprint density at radius 1 is 1.33 bits per heavy atom. The number of nitrogens with zero attached hydrogens (tertiary/aromatic N) is 3. The molecule has 0 aromatic heterocycles. The summed E-state index contributed by atoms with van der Waals surface area (Å²) in [7, 11) is 6.12. The molecule has 2 rings (SSSR count). The van der Waals surface area contributed by atoms with Gasteiger partial charge in [-0.1, -0.05) is 30.3 Å². The largest absolute Gasteiger partial charge is 0.381 e. The fraction of sp³-hybridized carbons (Fsp3) is 0.632. The average Bonchev–Trinajstić information content (AvgIpc) is 3.09. The number of rotatable bonds is 7. The maximum Gasteiger partial charge on any atom is 0.193 e. The highest BCUT2D eigenvalue weighted by Gasteiger charge is 2.19. The first-order valence-electron chi connectivity index (χ1n) is 8.83. The Balaban J connectivity index is 1.76. The molecular formula is C19H32N4O. The van der Waals surface area contributed by atoms with E-state index in [-0.39, 0.29) is 0 Å². The van der Waals surface area contributed by atoms with Gasteiger partial charge in [-0.2, -0.15) is 0 Å². The van der Waals surface area contributed by atoms with Crippen molar-refractivity contribution in [1.29, 1.82) is 0 Å². The van der Waals surface area contributed by atoms with Gasteiger partial charge in [0.05, 0.1) is 6.61 Å². The predicted molar refractivity (Wildman–Crippen MR) is 100 cm³/mol. The molecule has 2 unspecified atom stereocenters. The van der Waals surface area contributed by atoms with Gasteiger partial charge >= 0.3 is 0 Å². The molecule has 0 spiro atoms. The Morgan fingerprint density at radius 2 is 2.08 bits per heavy atom. The lowest BCUT2D eigenvalue weighted by Crippen LogP contribution is -2.46. The second kappa shape index (κ2) is 9.64. The van der Waals surface area contributed by atoms with Gasteiger partial charge in [0.1, 0.15) is 0 Å². The average molecular weight is 332 g/mol. The zero-order chi connectivity index (χ0) is 17.4. The molecule has 0 saturated carbocycles. The van der Waals surface area contributed by atoms with Gasteiger partial charge in [0, 0.05) is 52.3 Å². The summed E-state index contributed by atoms with van der Waals surface area (Å²) < 4.78 is 5.46. The smallest absolute Gasteiger partial charge is 0.193 e. The van der Waals surface area contributed by atoms with Gasteiger partial charge in [-0.3, -0.25) is 9.89 Å². The van der Waals surface area contributed by atoms with E-state index >= 15 is 0 Å².